The van der Waals surface area contributed by atoms with E-state index in [2.05, 4.69) is 19.9 Å². The number of aromatic amines is 1. The van der Waals surface area contributed by atoms with E-state index in [1.165, 1.54) is 28.6 Å². The van der Waals surface area contributed by atoms with Crippen LogP contribution in [0.3, 0.4) is 0 Å². The maximum atomic E-state index is 14.5. The molecule has 0 bridgehead atoms. The third kappa shape index (κ3) is 2.73. The highest BCUT2D eigenvalue weighted by Crippen LogP contribution is 2.37. The van der Waals surface area contributed by atoms with Crippen molar-refractivity contribution in [3.05, 3.63) is 53.6 Å². The Hall–Kier alpha value is -3.17. The van der Waals surface area contributed by atoms with Crippen molar-refractivity contribution in [1.82, 2.24) is 24.8 Å². The van der Waals surface area contributed by atoms with Crippen LogP contribution in [0, 0.1) is 5.95 Å². The molecule has 0 aliphatic carbocycles. The Bertz CT molecular complexity index is 1250. The van der Waals surface area contributed by atoms with E-state index in [1.54, 1.807) is 25.2 Å². The number of aliphatic hydroxyl groups is 1. The van der Waals surface area contributed by atoms with Gasteiger partial charge in [0.15, 0.2) is 11.2 Å². The first-order valence-electron chi connectivity index (χ1n) is 9.00. The summed E-state index contributed by atoms with van der Waals surface area (Å²) < 4.78 is 14.5. The quantitative estimate of drug-likeness (QED) is 0.543. The molecule has 1 aliphatic rings. The van der Waals surface area contributed by atoms with Gasteiger partial charge in [-0.2, -0.15) is 4.39 Å². The molecule has 1 saturated heterocycles. The molecule has 0 radical (unpaired) electrons. The first-order valence-corrected chi connectivity index (χ1v) is 9.88. The van der Waals surface area contributed by atoms with Crippen LogP contribution in [0.4, 0.5) is 4.39 Å². The van der Waals surface area contributed by atoms with Crippen LogP contribution >= 0.6 is 11.3 Å². The highest BCUT2D eigenvalue weighted by molar-refractivity contribution is 7.13. The number of thiazole rings is 1. The van der Waals surface area contributed by atoms with E-state index in [0.29, 0.717) is 40.4 Å². The van der Waals surface area contributed by atoms with E-state index in [1.807, 2.05) is 11.4 Å². The molecule has 4 heterocycles. The number of aromatic nitrogens is 4. The van der Waals surface area contributed by atoms with E-state index in [4.69, 9.17) is 0 Å². The third-order valence-corrected chi connectivity index (χ3v) is 6.11. The fraction of sp³-hybridized carbons (Fsp3) is 0.200. The number of H-pyrrole nitrogens is 1. The minimum absolute atomic E-state index is 0.284. The summed E-state index contributed by atoms with van der Waals surface area (Å²) in [5.74, 6) is -0.845. The van der Waals surface area contributed by atoms with Gasteiger partial charge >= 0.3 is 0 Å². The lowest BCUT2D eigenvalue weighted by Gasteiger charge is -2.21. The molecule has 1 aromatic carbocycles. The molecule has 1 fully saturated rings. The minimum Gasteiger partial charge on any atom is -0.375 e. The molecule has 29 heavy (non-hydrogen) atoms. The molecule has 146 valence electrons. The minimum atomic E-state index is -1.53. The molecule has 0 unspecified atom stereocenters. The van der Waals surface area contributed by atoms with Crippen molar-refractivity contribution in [3.63, 3.8) is 0 Å². The Kier molecular flexibility index (Phi) is 3.97. The predicted molar refractivity (Wildman–Crippen MR) is 107 cm³/mol. The zero-order valence-corrected chi connectivity index (χ0v) is 16.2. The number of likely N-dealkylation sites (tertiary alicyclic amines) is 1. The van der Waals surface area contributed by atoms with Crippen molar-refractivity contribution in [2.24, 2.45) is 0 Å². The number of rotatable bonds is 3. The summed E-state index contributed by atoms with van der Waals surface area (Å²) in [6, 6.07) is 7.13. The van der Waals surface area contributed by atoms with E-state index < -0.39 is 11.5 Å². The summed E-state index contributed by atoms with van der Waals surface area (Å²) in [7, 11) is 1.68. The van der Waals surface area contributed by atoms with Gasteiger partial charge in [-0.25, -0.2) is 9.97 Å². The second kappa shape index (κ2) is 6.43. The summed E-state index contributed by atoms with van der Waals surface area (Å²) >= 11 is 1.29. The number of hydrogen-bond donors (Lipinski definition) is 2. The van der Waals surface area contributed by atoms with Crippen molar-refractivity contribution in [1.29, 1.82) is 0 Å². The average Bonchev–Trinajstić information content (AvgIpc) is 3.41. The average molecular weight is 409 g/mol. The summed E-state index contributed by atoms with van der Waals surface area (Å²) in [6.45, 7) is 0.501. The van der Waals surface area contributed by atoms with E-state index in [0.717, 1.165) is 5.56 Å². The number of likely N-dealkylation sites (N-methyl/N-ethyl adjacent to an activating group) is 1. The van der Waals surface area contributed by atoms with Crippen LogP contribution in [-0.4, -0.2) is 49.4 Å². The maximum Gasteiger partial charge on any atom is 0.258 e. The topological polar surface area (TPSA) is 95.0 Å². The SMILES string of the molecule is CN1CC[C@@](O)(c2cccc(-c3csc(-c4c(F)[nH]c5nccnc45)n3)c2)C1=O. The molecule has 5 rings (SSSR count). The molecule has 4 aromatic rings. The fourth-order valence-electron chi connectivity index (χ4n) is 3.66. The zero-order chi connectivity index (χ0) is 20.2. The molecular formula is C20H16FN5O2S. The van der Waals surface area contributed by atoms with Gasteiger partial charge in [-0.05, 0) is 11.6 Å². The molecule has 1 aliphatic heterocycles. The second-order valence-electron chi connectivity index (χ2n) is 7.02. The van der Waals surface area contributed by atoms with Crippen LogP contribution in [0.15, 0.2) is 42.0 Å². The van der Waals surface area contributed by atoms with Gasteiger partial charge in [0.25, 0.3) is 5.91 Å². The number of nitrogens with zero attached hydrogens (tertiary/aromatic N) is 4. The molecule has 1 amide bonds. The summed E-state index contributed by atoms with van der Waals surface area (Å²) in [5, 5.41) is 13.2. The maximum absolute atomic E-state index is 14.5. The molecule has 0 saturated carbocycles. The van der Waals surface area contributed by atoms with Crippen molar-refractivity contribution < 1.29 is 14.3 Å². The van der Waals surface area contributed by atoms with Crippen molar-refractivity contribution in [2.45, 2.75) is 12.0 Å². The number of nitrogens with one attached hydrogen (secondary N) is 1. The van der Waals surface area contributed by atoms with E-state index in [-0.39, 0.29) is 11.5 Å². The van der Waals surface area contributed by atoms with Gasteiger partial charge < -0.3 is 15.0 Å². The largest absolute Gasteiger partial charge is 0.375 e. The summed E-state index contributed by atoms with van der Waals surface area (Å²) in [5.41, 5.74) is 1.45. The molecule has 3 aromatic heterocycles. The highest BCUT2D eigenvalue weighted by Gasteiger charge is 2.45. The van der Waals surface area contributed by atoms with Crippen LogP contribution < -0.4 is 0 Å². The van der Waals surface area contributed by atoms with Crippen LogP contribution in [0.5, 0.6) is 0 Å². The van der Waals surface area contributed by atoms with Gasteiger partial charge in [0, 0.05) is 43.4 Å². The van der Waals surface area contributed by atoms with Crippen LogP contribution in [0.2, 0.25) is 0 Å². The van der Waals surface area contributed by atoms with Gasteiger partial charge in [0.1, 0.15) is 10.5 Å². The van der Waals surface area contributed by atoms with E-state index in [9.17, 15) is 14.3 Å². The Labute approximate surface area is 168 Å². The number of carbonyl (C=O) groups is 1. The van der Waals surface area contributed by atoms with Crippen LogP contribution in [0.1, 0.15) is 12.0 Å². The van der Waals surface area contributed by atoms with Crippen LogP contribution in [-0.2, 0) is 10.4 Å². The predicted octanol–water partition coefficient (Wildman–Crippen LogP) is 2.94. The lowest BCUT2D eigenvalue weighted by atomic mass is 9.90. The van der Waals surface area contributed by atoms with Gasteiger partial charge in [-0.1, -0.05) is 18.2 Å². The number of hydrogen-bond acceptors (Lipinski definition) is 6. The van der Waals surface area contributed by atoms with E-state index >= 15 is 0 Å². The van der Waals surface area contributed by atoms with Crippen LogP contribution in [0.25, 0.3) is 33.0 Å². The molecule has 1 atom stereocenters. The smallest absolute Gasteiger partial charge is 0.258 e. The molecule has 0 spiro atoms. The van der Waals surface area contributed by atoms with Gasteiger partial charge in [-0.15, -0.1) is 11.3 Å². The van der Waals surface area contributed by atoms with Crippen molar-refractivity contribution in [2.75, 3.05) is 13.6 Å². The Morgan fingerprint density at radius 3 is 2.93 bits per heavy atom. The highest BCUT2D eigenvalue weighted by atomic mass is 32.1. The number of fused-ring (bicyclic) bond motifs is 1. The zero-order valence-electron chi connectivity index (χ0n) is 15.4. The Morgan fingerprint density at radius 2 is 2.14 bits per heavy atom. The van der Waals surface area contributed by atoms with Gasteiger partial charge in [0.2, 0.25) is 5.95 Å². The summed E-state index contributed by atoms with van der Waals surface area (Å²) in [6.07, 6.45) is 3.34. The fourth-order valence-corrected chi connectivity index (χ4v) is 4.52. The monoisotopic (exact) mass is 409 g/mol. The number of carbonyl (C=O) groups excluding carboxylic acids is 1. The third-order valence-electron chi connectivity index (χ3n) is 5.25. The summed E-state index contributed by atoms with van der Waals surface area (Å²) in [4.78, 5) is 29.4. The molecule has 9 heteroatoms. The van der Waals surface area contributed by atoms with Gasteiger partial charge in [-0.3, -0.25) is 9.78 Å². The second-order valence-corrected chi connectivity index (χ2v) is 7.88. The molecular weight excluding hydrogens is 393 g/mol. The normalized spacial score (nSPS) is 19.4. The standard InChI is InChI=1S/C20H16FN5O2S/c1-26-8-5-20(28,19(26)27)12-4-2-3-11(9-12)13-10-29-18(24-13)14-15-17(25-16(14)21)23-7-6-22-15/h2-4,6-7,9-10,28H,5,8H2,1H3,(H,23,25)/t20-/m1/s1. The Morgan fingerprint density at radius 1 is 1.31 bits per heavy atom. The lowest BCUT2D eigenvalue weighted by molar-refractivity contribution is -0.143. The van der Waals surface area contributed by atoms with Crippen molar-refractivity contribution in [3.8, 4) is 21.8 Å². The van der Waals surface area contributed by atoms with Gasteiger partial charge in [0.05, 0.1) is 11.3 Å². The Balaban J connectivity index is 1.55. The first-order chi connectivity index (χ1) is 14.0. The van der Waals surface area contributed by atoms with Crippen molar-refractivity contribution >= 4 is 28.4 Å². The molecule has 2 N–H and O–H groups in total. The lowest BCUT2D eigenvalue weighted by Crippen LogP contribution is -2.36. The molecule has 7 nitrogen and oxygen atoms in total. The number of benzene rings is 1. The number of amides is 1. The number of halogens is 1. The first kappa shape index (κ1) is 17.9.